The topological polar surface area (TPSA) is 32.8 Å². The highest BCUT2D eigenvalue weighted by Crippen LogP contribution is 2.24. The van der Waals surface area contributed by atoms with E-state index in [0.717, 1.165) is 32.5 Å². The number of hydrogen-bond donors (Lipinski definition) is 0. The number of likely N-dealkylation sites (tertiary alicyclic amines) is 2. The van der Waals surface area contributed by atoms with Crippen molar-refractivity contribution >= 4 is 5.97 Å². The smallest absolute Gasteiger partial charge is 0.310 e. The molecular weight excluding hydrogens is 240 g/mol. The second-order valence-electron chi connectivity index (χ2n) is 5.75. The lowest BCUT2D eigenvalue weighted by molar-refractivity contribution is -0.150. The van der Waals surface area contributed by atoms with Crippen LogP contribution in [0.5, 0.6) is 0 Å². The van der Waals surface area contributed by atoms with Crippen LogP contribution in [0.2, 0.25) is 0 Å². The molecule has 0 bridgehead atoms. The summed E-state index contributed by atoms with van der Waals surface area (Å²) in [5, 5.41) is 0. The summed E-state index contributed by atoms with van der Waals surface area (Å²) in [6.07, 6.45) is 4.65. The molecule has 110 valence electrons. The van der Waals surface area contributed by atoms with E-state index in [0.29, 0.717) is 12.6 Å². The molecule has 2 aliphatic rings. The van der Waals surface area contributed by atoms with Gasteiger partial charge in [-0.05, 0) is 58.8 Å². The second-order valence-corrected chi connectivity index (χ2v) is 5.75. The van der Waals surface area contributed by atoms with Crippen LogP contribution >= 0.6 is 0 Å². The number of piperidine rings is 2. The van der Waals surface area contributed by atoms with Crippen molar-refractivity contribution in [3.8, 4) is 0 Å². The Labute approximate surface area is 117 Å². The number of carbonyl (C=O) groups is 1. The largest absolute Gasteiger partial charge is 0.466 e. The molecule has 4 heteroatoms. The first-order valence-corrected chi connectivity index (χ1v) is 7.87. The van der Waals surface area contributed by atoms with Crippen LogP contribution in [0.4, 0.5) is 0 Å². The van der Waals surface area contributed by atoms with E-state index in [-0.39, 0.29) is 11.9 Å². The molecule has 0 amide bonds. The van der Waals surface area contributed by atoms with Crippen molar-refractivity contribution in [1.29, 1.82) is 0 Å². The fourth-order valence-electron chi connectivity index (χ4n) is 3.39. The lowest BCUT2D eigenvalue weighted by atomic mass is 9.94. The molecule has 0 spiro atoms. The summed E-state index contributed by atoms with van der Waals surface area (Å²) in [5.74, 6) is 0.121. The number of carbonyl (C=O) groups excluding carboxylic acids is 1. The van der Waals surface area contributed by atoms with Crippen LogP contribution < -0.4 is 0 Å². The van der Waals surface area contributed by atoms with Gasteiger partial charge in [-0.2, -0.15) is 0 Å². The number of esters is 1. The van der Waals surface area contributed by atoms with E-state index in [2.05, 4.69) is 16.7 Å². The number of hydrogen-bond acceptors (Lipinski definition) is 4. The van der Waals surface area contributed by atoms with Crippen molar-refractivity contribution in [2.24, 2.45) is 5.92 Å². The van der Waals surface area contributed by atoms with Gasteiger partial charge in [-0.15, -0.1) is 0 Å². The molecule has 0 radical (unpaired) electrons. The van der Waals surface area contributed by atoms with Crippen molar-refractivity contribution in [1.82, 2.24) is 9.80 Å². The highest BCUT2D eigenvalue weighted by Gasteiger charge is 2.31. The minimum Gasteiger partial charge on any atom is -0.466 e. The van der Waals surface area contributed by atoms with Gasteiger partial charge in [-0.25, -0.2) is 0 Å². The first-order chi connectivity index (χ1) is 9.24. The van der Waals surface area contributed by atoms with E-state index in [9.17, 15) is 4.79 Å². The fourth-order valence-corrected chi connectivity index (χ4v) is 3.39. The molecule has 2 fully saturated rings. The predicted octanol–water partition coefficient (Wildman–Crippen LogP) is 1.75. The Bertz CT molecular complexity index is 288. The Morgan fingerprint density at radius 2 is 1.89 bits per heavy atom. The zero-order valence-electron chi connectivity index (χ0n) is 12.4. The quantitative estimate of drug-likeness (QED) is 0.727. The second kappa shape index (κ2) is 7.25. The summed E-state index contributed by atoms with van der Waals surface area (Å²) in [7, 11) is 0. The zero-order chi connectivity index (χ0) is 13.7. The monoisotopic (exact) mass is 268 g/mol. The first kappa shape index (κ1) is 14.8. The molecule has 2 heterocycles. The third-order valence-electron chi connectivity index (χ3n) is 4.59. The molecular formula is C15H28N2O2. The van der Waals surface area contributed by atoms with Gasteiger partial charge in [0.05, 0.1) is 12.5 Å². The molecule has 0 N–H and O–H groups in total. The van der Waals surface area contributed by atoms with Crippen molar-refractivity contribution < 1.29 is 9.53 Å². The molecule has 2 saturated heterocycles. The number of nitrogens with zero attached hydrogens (tertiary/aromatic N) is 2. The number of ether oxygens (including phenoxy) is 1. The Hall–Kier alpha value is -0.610. The Balaban J connectivity index is 1.82. The van der Waals surface area contributed by atoms with Crippen molar-refractivity contribution in [3.05, 3.63) is 0 Å². The molecule has 2 rings (SSSR count). The molecule has 19 heavy (non-hydrogen) atoms. The maximum absolute atomic E-state index is 11.9. The minimum absolute atomic E-state index is 0.0122. The standard InChI is InChI=1S/C15H28N2O2/c1-3-16-10-7-14(8-11-16)17-9-5-6-13(12-17)15(18)19-4-2/h13-14H,3-12H2,1-2H3. The lowest BCUT2D eigenvalue weighted by Crippen LogP contribution is -2.49. The molecule has 0 aliphatic carbocycles. The molecule has 0 saturated carbocycles. The average Bonchev–Trinajstić information content (AvgIpc) is 2.48. The van der Waals surface area contributed by atoms with E-state index < -0.39 is 0 Å². The number of rotatable bonds is 4. The summed E-state index contributed by atoms with van der Waals surface area (Å²) >= 11 is 0. The van der Waals surface area contributed by atoms with Crippen molar-refractivity contribution in [2.45, 2.75) is 45.6 Å². The Morgan fingerprint density at radius 1 is 1.16 bits per heavy atom. The maximum atomic E-state index is 11.9. The third-order valence-corrected chi connectivity index (χ3v) is 4.59. The van der Waals surface area contributed by atoms with E-state index in [1.807, 2.05) is 6.92 Å². The van der Waals surface area contributed by atoms with Gasteiger partial charge >= 0.3 is 5.97 Å². The van der Waals surface area contributed by atoms with Crippen molar-refractivity contribution in [3.63, 3.8) is 0 Å². The lowest BCUT2D eigenvalue weighted by Gasteiger charge is -2.41. The summed E-state index contributed by atoms with van der Waals surface area (Å²) in [5.41, 5.74) is 0. The van der Waals surface area contributed by atoms with Crippen LogP contribution in [-0.4, -0.2) is 61.1 Å². The molecule has 0 aromatic heterocycles. The van der Waals surface area contributed by atoms with Gasteiger partial charge in [0.25, 0.3) is 0 Å². The molecule has 1 atom stereocenters. The van der Waals surface area contributed by atoms with Gasteiger partial charge in [0.1, 0.15) is 0 Å². The first-order valence-electron chi connectivity index (χ1n) is 7.87. The van der Waals surface area contributed by atoms with Gasteiger partial charge < -0.3 is 9.64 Å². The fraction of sp³-hybridized carbons (Fsp3) is 0.933. The summed E-state index contributed by atoms with van der Waals surface area (Å²) in [4.78, 5) is 16.9. The summed E-state index contributed by atoms with van der Waals surface area (Å²) < 4.78 is 5.18. The van der Waals surface area contributed by atoms with E-state index >= 15 is 0 Å². The van der Waals surface area contributed by atoms with Crippen LogP contribution in [0.3, 0.4) is 0 Å². The van der Waals surface area contributed by atoms with Crippen LogP contribution in [0.25, 0.3) is 0 Å². The summed E-state index contributed by atoms with van der Waals surface area (Å²) in [6.45, 7) is 10.3. The molecule has 1 unspecified atom stereocenters. The van der Waals surface area contributed by atoms with Gasteiger partial charge in [0, 0.05) is 12.6 Å². The van der Waals surface area contributed by atoms with Crippen molar-refractivity contribution in [2.75, 3.05) is 39.3 Å². The molecule has 0 aromatic carbocycles. The van der Waals surface area contributed by atoms with E-state index in [1.165, 1.54) is 25.9 Å². The van der Waals surface area contributed by atoms with Crippen LogP contribution in [0, 0.1) is 5.92 Å². The molecule has 2 aliphatic heterocycles. The summed E-state index contributed by atoms with van der Waals surface area (Å²) in [6, 6.07) is 0.681. The van der Waals surface area contributed by atoms with Gasteiger partial charge in [-0.3, -0.25) is 9.69 Å². The maximum Gasteiger partial charge on any atom is 0.310 e. The average molecular weight is 268 g/mol. The highest BCUT2D eigenvalue weighted by atomic mass is 16.5. The van der Waals surface area contributed by atoms with E-state index in [1.54, 1.807) is 0 Å². The van der Waals surface area contributed by atoms with Gasteiger partial charge in [0.2, 0.25) is 0 Å². The third kappa shape index (κ3) is 3.93. The van der Waals surface area contributed by atoms with Gasteiger partial charge in [-0.1, -0.05) is 6.92 Å². The molecule has 0 aromatic rings. The van der Waals surface area contributed by atoms with Crippen LogP contribution in [0.1, 0.15) is 39.5 Å². The molecule has 4 nitrogen and oxygen atoms in total. The van der Waals surface area contributed by atoms with Gasteiger partial charge in [0.15, 0.2) is 0 Å². The SMILES string of the molecule is CCOC(=O)C1CCCN(C2CCN(CC)CC2)C1. The predicted molar refractivity (Wildman–Crippen MR) is 76.1 cm³/mol. The minimum atomic E-state index is 0.0122. The van der Waals surface area contributed by atoms with Crippen LogP contribution in [-0.2, 0) is 9.53 Å². The Morgan fingerprint density at radius 3 is 2.53 bits per heavy atom. The zero-order valence-corrected chi connectivity index (χ0v) is 12.4. The normalized spacial score (nSPS) is 27.4. The van der Waals surface area contributed by atoms with Crippen LogP contribution in [0.15, 0.2) is 0 Å². The highest BCUT2D eigenvalue weighted by molar-refractivity contribution is 5.72. The van der Waals surface area contributed by atoms with E-state index in [4.69, 9.17) is 4.74 Å². The Kier molecular flexibility index (Phi) is 5.64.